The first-order chi connectivity index (χ1) is 13.1. The fraction of sp³-hybridized carbons (Fsp3) is 0.619. The number of benzene rings is 1. The molecular weight excluding hydrogens is 354 g/mol. The Labute approximate surface area is 169 Å². The van der Waals surface area contributed by atoms with Crippen molar-refractivity contribution in [3.63, 3.8) is 0 Å². The number of anilines is 1. The Kier molecular flexibility index (Phi) is 7.43. The highest BCUT2D eigenvalue weighted by molar-refractivity contribution is 6.35. The van der Waals surface area contributed by atoms with Gasteiger partial charge in [0.05, 0.1) is 6.04 Å². The molecule has 7 nitrogen and oxygen atoms in total. The Morgan fingerprint density at radius 2 is 1.61 bits per heavy atom. The van der Waals surface area contributed by atoms with Crippen molar-refractivity contribution in [3.05, 3.63) is 29.8 Å². The average molecular weight is 390 g/mol. The normalized spacial score (nSPS) is 17.1. The molecule has 1 fully saturated rings. The van der Waals surface area contributed by atoms with Gasteiger partial charge in [0.2, 0.25) is 0 Å². The predicted molar refractivity (Wildman–Crippen MR) is 113 cm³/mol. The maximum Gasteiger partial charge on any atom is 0.309 e. The highest BCUT2D eigenvalue weighted by Gasteiger charge is 2.26. The van der Waals surface area contributed by atoms with E-state index in [2.05, 4.69) is 56.6 Å². The van der Waals surface area contributed by atoms with Crippen molar-refractivity contribution in [2.24, 2.45) is 0 Å². The van der Waals surface area contributed by atoms with Gasteiger partial charge in [-0.3, -0.25) is 14.5 Å². The summed E-state index contributed by atoms with van der Waals surface area (Å²) < 4.78 is 0. The minimum Gasteiger partial charge on any atom is -0.378 e. The molecule has 0 saturated carbocycles. The summed E-state index contributed by atoms with van der Waals surface area (Å²) in [5, 5.41) is 5.54. The third kappa shape index (κ3) is 6.49. The number of rotatable bonds is 5. The molecule has 0 aromatic heterocycles. The molecular formula is C21H35N5O2. The molecule has 2 amide bonds. The van der Waals surface area contributed by atoms with Crippen molar-refractivity contribution >= 4 is 17.5 Å². The first-order valence-electron chi connectivity index (χ1n) is 9.87. The molecule has 1 aromatic carbocycles. The third-order valence-corrected chi connectivity index (χ3v) is 4.92. The lowest BCUT2D eigenvalue weighted by Gasteiger charge is -2.38. The number of nitrogens with one attached hydrogen (secondary N) is 2. The number of amides is 2. The maximum absolute atomic E-state index is 12.3. The van der Waals surface area contributed by atoms with E-state index >= 15 is 0 Å². The van der Waals surface area contributed by atoms with Crippen molar-refractivity contribution in [2.75, 3.05) is 58.8 Å². The standard InChI is InChI=1S/C21H35N5O2/c1-21(2,3)23-20(28)19(27)22-15-18(26-13-11-25(6)12-14-26)16-7-9-17(10-8-16)24(4)5/h7-10,18H,11-15H2,1-6H3,(H,22,27)(H,23,28)/t18-/m1/s1. The smallest absolute Gasteiger partial charge is 0.309 e. The summed E-state index contributed by atoms with van der Waals surface area (Å²) in [6.07, 6.45) is 0. The van der Waals surface area contributed by atoms with Crippen LogP contribution in [0.15, 0.2) is 24.3 Å². The summed E-state index contributed by atoms with van der Waals surface area (Å²) in [7, 11) is 6.15. The van der Waals surface area contributed by atoms with Gasteiger partial charge in [-0.25, -0.2) is 0 Å². The lowest BCUT2D eigenvalue weighted by atomic mass is 10.0. The van der Waals surface area contributed by atoms with Gasteiger partial charge < -0.3 is 20.4 Å². The second kappa shape index (κ2) is 9.39. The predicted octanol–water partition coefficient (Wildman–Crippen LogP) is 1.07. The summed E-state index contributed by atoms with van der Waals surface area (Å²) in [4.78, 5) is 31.1. The van der Waals surface area contributed by atoms with Crippen LogP contribution in [0.4, 0.5) is 5.69 Å². The molecule has 0 unspecified atom stereocenters. The van der Waals surface area contributed by atoms with Crippen LogP contribution >= 0.6 is 0 Å². The number of hydrogen-bond donors (Lipinski definition) is 2. The molecule has 1 heterocycles. The van der Waals surface area contributed by atoms with Gasteiger partial charge in [0, 0.05) is 58.0 Å². The molecule has 1 aliphatic heterocycles. The lowest BCUT2D eigenvalue weighted by molar-refractivity contribution is -0.140. The van der Waals surface area contributed by atoms with Crippen LogP contribution in [0, 0.1) is 0 Å². The highest BCUT2D eigenvalue weighted by atomic mass is 16.2. The zero-order valence-corrected chi connectivity index (χ0v) is 18.1. The van der Waals surface area contributed by atoms with E-state index in [-0.39, 0.29) is 6.04 Å². The van der Waals surface area contributed by atoms with Crippen LogP contribution in [0.3, 0.4) is 0 Å². The zero-order valence-electron chi connectivity index (χ0n) is 18.1. The molecule has 1 aliphatic rings. The Hall–Kier alpha value is -2.12. The van der Waals surface area contributed by atoms with Gasteiger partial charge in [0.15, 0.2) is 0 Å². The number of carbonyl (C=O) groups excluding carboxylic acids is 2. The van der Waals surface area contributed by atoms with Crippen molar-refractivity contribution in [1.29, 1.82) is 0 Å². The minimum absolute atomic E-state index is 0.0382. The van der Waals surface area contributed by atoms with Crippen LogP contribution < -0.4 is 15.5 Å². The first kappa shape index (κ1) is 22.2. The molecule has 1 aromatic rings. The van der Waals surface area contributed by atoms with Crippen LogP contribution in [0.5, 0.6) is 0 Å². The van der Waals surface area contributed by atoms with E-state index in [0.29, 0.717) is 6.54 Å². The largest absolute Gasteiger partial charge is 0.378 e. The zero-order chi connectivity index (χ0) is 20.9. The van der Waals surface area contributed by atoms with Crippen LogP contribution in [0.2, 0.25) is 0 Å². The van der Waals surface area contributed by atoms with Crippen LogP contribution in [-0.2, 0) is 9.59 Å². The van der Waals surface area contributed by atoms with E-state index < -0.39 is 17.4 Å². The molecule has 28 heavy (non-hydrogen) atoms. The summed E-state index contributed by atoms with van der Waals surface area (Å²) >= 11 is 0. The molecule has 156 valence electrons. The Balaban J connectivity index is 2.10. The summed E-state index contributed by atoms with van der Waals surface area (Å²) in [6.45, 7) is 9.82. The number of hydrogen-bond acceptors (Lipinski definition) is 5. The maximum atomic E-state index is 12.3. The number of carbonyl (C=O) groups is 2. The van der Waals surface area contributed by atoms with Gasteiger partial charge in [-0.15, -0.1) is 0 Å². The van der Waals surface area contributed by atoms with Gasteiger partial charge in [-0.05, 0) is 45.5 Å². The number of likely N-dealkylation sites (N-methyl/N-ethyl adjacent to an activating group) is 1. The second-order valence-electron chi connectivity index (χ2n) is 8.76. The van der Waals surface area contributed by atoms with Gasteiger partial charge >= 0.3 is 11.8 Å². The lowest BCUT2D eigenvalue weighted by Crippen LogP contribution is -2.51. The molecule has 1 atom stereocenters. The second-order valence-corrected chi connectivity index (χ2v) is 8.76. The Bertz CT molecular complexity index is 658. The highest BCUT2D eigenvalue weighted by Crippen LogP contribution is 2.24. The summed E-state index contributed by atoms with van der Waals surface area (Å²) in [5.41, 5.74) is 1.84. The van der Waals surface area contributed by atoms with Crippen molar-refractivity contribution in [2.45, 2.75) is 32.4 Å². The van der Waals surface area contributed by atoms with E-state index in [4.69, 9.17) is 0 Å². The monoisotopic (exact) mass is 389 g/mol. The van der Waals surface area contributed by atoms with Crippen LogP contribution in [-0.4, -0.2) is 81.0 Å². The minimum atomic E-state index is -0.590. The van der Waals surface area contributed by atoms with Crippen molar-refractivity contribution in [3.8, 4) is 0 Å². The van der Waals surface area contributed by atoms with E-state index in [9.17, 15) is 9.59 Å². The summed E-state index contributed by atoms with van der Waals surface area (Å²) in [5.74, 6) is -1.17. The van der Waals surface area contributed by atoms with Crippen LogP contribution in [0.1, 0.15) is 32.4 Å². The van der Waals surface area contributed by atoms with Gasteiger partial charge in [0.25, 0.3) is 0 Å². The number of nitrogens with zero attached hydrogens (tertiary/aromatic N) is 3. The topological polar surface area (TPSA) is 67.9 Å². The molecule has 0 spiro atoms. The molecule has 0 radical (unpaired) electrons. The van der Waals surface area contributed by atoms with Gasteiger partial charge in [-0.2, -0.15) is 0 Å². The average Bonchev–Trinajstić information content (AvgIpc) is 2.62. The molecule has 0 aliphatic carbocycles. The molecule has 1 saturated heterocycles. The van der Waals surface area contributed by atoms with Gasteiger partial charge in [0.1, 0.15) is 0 Å². The van der Waals surface area contributed by atoms with E-state index in [0.717, 1.165) is 37.4 Å². The van der Waals surface area contributed by atoms with E-state index in [1.807, 2.05) is 34.9 Å². The quantitative estimate of drug-likeness (QED) is 0.738. The SMILES string of the molecule is CN1CCN([C@H](CNC(=O)C(=O)NC(C)(C)C)c2ccc(N(C)C)cc2)CC1. The fourth-order valence-electron chi connectivity index (χ4n) is 3.25. The third-order valence-electron chi connectivity index (χ3n) is 4.92. The fourth-order valence-corrected chi connectivity index (χ4v) is 3.25. The van der Waals surface area contributed by atoms with Gasteiger partial charge in [-0.1, -0.05) is 12.1 Å². The van der Waals surface area contributed by atoms with Crippen LogP contribution in [0.25, 0.3) is 0 Å². The molecule has 2 rings (SSSR count). The van der Waals surface area contributed by atoms with E-state index in [1.54, 1.807) is 0 Å². The number of piperazine rings is 1. The summed E-state index contributed by atoms with van der Waals surface area (Å²) in [6, 6.07) is 8.44. The first-order valence-corrected chi connectivity index (χ1v) is 9.87. The van der Waals surface area contributed by atoms with E-state index in [1.165, 1.54) is 0 Å². The molecule has 7 heteroatoms. The van der Waals surface area contributed by atoms with Crippen molar-refractivity contribution < 1.29 is 9.59 Å². The van der Waals surface area contributed by atoms with Crippen molar-refractivity contribution in [1.82, 2.24) is 20.4 Å². The Morgan fingerprint density at radius 3 is 2.11 bits per heavy atom. The Morgan fingerprint density at radius 1 is 1.04 bits per heavy atom. The molecule has 2 N–H and O–H groups in total. The molecule has 0 bridgehead atoms.